The van der Waals surface area contributed by atoms with Crippen LogP contribution in [0.5, 0.6) is 0 Å². The summed E-state index contributed by atoms with van der Waals surface area (Å²) in [6.45, 7) is 9.20. The zero-order valence-corrected chi connectivity index (χ0v) is 30.8. The number of carboxylic acid groups (broad SMARTS) is 2. The van der Waals surface area contributed by atoms with Crippen LogP contribution in [0.1, 0.15) is 141 Å². The Bertz CT molecular complexity index is 1390. The van der Waals surface area contributed by atoms with Crippen LogP contribution in [-0.2, 0) is 20.8 Å². The monoisotopic (exact) mass is 694 g/mol. The van der Waals surface area contributed by atoms with Gasteiger partial charge in [-0.3, -0.25) is 9.59 Å². The molecule has 8 nitrogen and oxygen atoms in total. The predicted octanol–water partition coefficient (Wildman–Crippen LogP) is 7.98. The molecule has 50 heavy (non-hydrogen) atoms. The van der Waals surface area contributed by atoms with Crippen molar-refractivity contribution >= 4 is 17.7 Å². The Morgan fingerprint density at radius 2 is 1.68 bits per heavy atom. The predicted molar refractivity (Wildman–Crippen MR) is 194 cm³/mol. The van der Waals surface area contributed by atoms with Gasteiger partial charge < -0.3 is 25.5 Å². The quantitative estimate of drug-likeness (QED) is 0.0971. The van der Waals surface area contributed by atoms with Gasteiger partial charge in [0, 0.05) is 18.8 Å². The van der Waals surface area contributed by atoms with Crippen molar-refractivity contribution in [1.82, 2.24) is 0 Å². The molecule has 0 amide bonds. The molecule has 3 fully saturated rings. The average Bonchev–Trinajstić information content (AvgIpc) is 3.63. The minimum atomic E-state index is -3.63. The number of Topliss-reactive ketones (excluding diaryl/α,β-unsaturated/α-hetero) is 1. The average molecular weight is 695 g/mol. The van der Waals surface area contributed by atoms with Crippen LogP contribution in [0.3, 0.4) is 0 Å². The molecule has 5 N–H and O–H groups in total. The van der Waals surface area contributed by atoms with E-state index < -0.39 is 36.2 Å². The number of allylic oxidation sites excluding steroid dienone is 3. The van der Waals surface area contributed by atoms with E-state index in [4.69, 9.17) is 10.2 Å². The van der Waals surface area contributed by atoms with Crippen molar-refractivity contribution in [3.8, 4) is 0 Å². The number of unbranched alkanes of at least 4 members (excludes halogenated alkanes) is 1. The number of fused-ring (bicyclic) bond motifs is 5. The first-order valence-corrected chi connectivity index (χ1v) is 19.1. The highest BCUT2D eigenvalue weighted by Crippen LogP contribution is 2.60. The first-order valence-electron chi connectivity index (χ1n) is 19.1. The topological polar surface area (TPSA) is 152 Å². The number of carbonyl (C=O) groups excluding carboxylic acids is 1. The molecule has 0 bridgehead atoms. The molecule has 0 aliphatic heterocycles. The second-order valence-corrected chi connectivity index (χ2v) is 16.9. The molecule has 0 saturated heterocycles. The number of ketones is 1. The first kappa shape index (κ1) is 40.0. The van der Waals surface area contributed by atoms with E-state index in [1.807, 2.05) is 0 Å². The fourth-order valence-corrected chi connectivity index (χ4v) is 9.61. The van der Waals surface area contributed by atoms with Crippen LogP contribution >= 0.6 is 0 Å². The molecule has 0 radical (unpaired) electrons. The fourth-order valence-electron chi connectivity index (χ4n) is 9.61. The van der Waals surface area contributed by atoms with Crippen LogP contribution < -0.4 is 0 Å². The minimum absolute atomic E-state index is 0.0841. The van der Waals surface area contributed by atoms with Gasteiger partial charge in [0.05, 0.1) is 6.42 Å². The summed E-state index contributed by atoms with van der Waals surface area (Å²) in [5.41, 5.74) is 1.45. The highest BCUT2D eigenvalue weighted by Gasteiger charge is 2.55. The Hall–Kier alpha value is -2.81. The lowest BCUT2D eigenvalue weighted by molar-refractivity contribution is -0.272. The van der Waals surface area contributed by atoms with Gasteiger partial charge in [-0.1, -0.05) is 95.5 Å². The van der Waals surface area contributed by atoms with Crippen molar-refractivity contribution in [2.24, 2.45) is 34.5 Å². The lowest BCUT2D eigenvalue weighted by atomic mass is 9.56. The van der Waals surface area contributed by atoms with Gasteiger partial charge in [0.1, 0.15) is 11.4 Å². The lowest BCUT2D eigenvalue weighted by Gasteiger charge is -2.49. The maximum absolute atomic E-state index is 12.3. The number of aryl methyl sites for hydroxylation is 1. The summed E-state index contributed by atoms with van der Waals surface area (Å²) < 4.78 is 0. The van der Waals surface area contributed by atoms with Crippen LogP contribution in [0.25, 0.3) is 0 Å². The molecule has 5 rings (SSSR count). The van der Waals surface area contributed by atoms with Gasteiger partial charge in [-0.05, 0) is 110 Å². The van der Waals surface area contributed by atoms with Gasteiger partial charge in [0.15, 0.2) is 0 Å². The van der Waals surface area contributed by atoms with Crippen LogP contribution in [0.15, 0.2) is 48.6 Å². The minimum Gasteiger partial charge on any atom is -0.481 e. The van der Waals surface area contributed by atoms with E-state index in [9.17, 15) is 29.7 Å². The maximum atomic E-state index is 12.3. The smallest absolute Gasteiger partial charge is 0.367 e. The summed E-state index contributed by atoms with van der Waals surface area (Å²) in [4.78, 5) is 34.4. The third-order valence-electron chi connectivity index (χ3n) is 12.7. The summed E-state index contributed by atoms with van der Waals surface area (Å²) in [6, 6.07) is 9.27. The Kier molecular flexibility index (Phi) is 13.3. The molecule has 4 aliphatic carbocycles. The zero-order chi connectivity index (χ0) is 36.7. The van der Waals surface area contributed by atoms with Gasteiger partial charge in [-0.25, -0.2) is 4.79 Å². The SMILES string of the molecule is CCCCC(C)(C)C/C=C/[C@H]1CCC(=O)[C@@H]1C/C=C\CC(O)(CC(=O)O)C(O)(O)C(=O)O.C[C@@]12CCC[C@H]1[C@@H]1CCc3ccccc3[C@H]1CC2. The molecule has 0 aromatic heterocycles. The molecule has 3 saturated carbocycles. The molecule has 0 spiro atoms. The van der Waals surface area contributed by atoms with Crippen molar-refractivity contribution in [2.75, 3.05) is 0 Å². The van der Waals surface area contributed by atoms with E-state index in [2.05, 4.69) is 64.1 Å². The van der Waals surface area contributed by atoms with E-state index >= 15 is 0 Å². The van der Waals surface area contributed by atoms with Gasteiger partial charge >= 0.3 is 11.9 Å². The van der Waals surface area contributed by atoms with E-state index in [1.165, 1.54) is 57.4 Å². The Balaban J connectivity index is 0.000000258. The fraction of sp³-hybridized carbons (Fsp3) is 0.690. The lowest BCUT2D eigenvalue weighted by Crippen LogP contribution is -2.60. The molecule has 1 aromatic rings. The number of rotatable bonds is 14. The van der Waals surface area contributed by atoms with Gasteiger partial charge in [-0.2, -0.15) is 0 Å². The van der Waals surface area contributed by atoms with Crippen molar-refractivity contribution in [3.05, 3.63) is 59.7 Å². The van der Waals surface area contributed by atoms with Crippen LogP contribution in [-0.4, -0.2) is 54.6 Å². The number of carbonyl (C=O) groups is 3. The largest absolute Gasteiger partial charge is 0.481 e. The van der Waals surface area contributed by atoms with Crippen LogP contribution in [0.2, 0.25) is 0 Å². The maximum Gasteiger partial charge on any atom is 0.367 e. The van der Waals surface area contributed by atoms with Crippen molar-refractivity contribution < 1.29 is 39.9 Å². The second-order valence-electron chi connectivity index (χ2n) is 16.9. The second kappa shape index (κ2) is 16.7. The van der Waals surface area contributed by atoms with Crippen LogP contribution in [0.4, 0.5) is 0 Å². The van der Waals surface area contributed by atoms with E-state index in [0.717, 1.165) is 43.4 Å². The molecule has 4 aliphatic rings. The van der Waals surface area contributed by atoms with Crippen molar-refractivity contribution in [1.29, 1.82) is 0 Å². The Labute approximate surface area is 299 Å². The summed E-state index contributed by atoms with van der Waals surface area (Å²) in [7, 11) is 0. The summed E-state index contributed by atoms with van der Waals surface area (Å²) >= 11 is 0. The number of benzene rings is 1. The molecular formula is C42H62O8. The molecule has 8 heteroatoms. The third-order valence-corrected chi connectivity index (χ3v) is 12.7. The summed E-state index contributed by atoms with van der Waals surface area (Å²) in [6.07, 6.45) is 21.5. The highest BCUT2D eigenvalue weighted by atomic mass is 16.6. The molecule has 7 atom stereocenters. The number of hydrogen-bond donors (Lipinski definition) is 5. The van der Waals surface area contributed by atoms with E-state index in [-0.39, 0.29) is 23.0 Å². The number of aliphatic hydroxyl groups is 3. The standard InChI is InChI=1S/C24H38O8.C18H24/c1-4-5-13-22(2,3)14-8-9-17-11-12-19(25)18(17)10-6-7-15-23(30,16-20(26)27)24(31,32)21(28)29;1-18-11-4-7-17(18)16-9-8-13-5-2-3-6-14(13)15(16)10-12-18/h6-9,17-18,30-32H,4-5,10-16H2,1-3H3,(H,26,27)(H,28,29);2-3,5-6,15-17H,4,7-12H2,1H3/b7-6-,9-8+;/t17-,18+,23?;15-,16-,17+,18+/m01/s1. The molecule has 1 unspecified atom stereocenters. The Morgan fingerprint density at radius 3 is 2.38 bits per heavy atom. The van der Waals surface area contributed by atoms with E-state index in [0.29, 0.717) is 18.3 Å². The van der Waals surface area contributed by atoms with Crippen molar-refractivity contribution in [2.45, 2.75) is 148 Å². The third kappa shape index (κ3) is 9.34. The van der Waals surface area contributed by atoms with Gasteiger partial charge in [0.2, 0.25) is 0 Å². The normalized spacial score (nSPS) is 29.2. The molecule has 0 heterocycles. The first-order chi connectivity index (χ1) is 23.5. The summed E-state index contributed by atoms with van der Waals surface area (Å²) in [5.74, 6) is -4.46. The highest BCUT2D eigenvalue weighted by molar-refractivity contribution is 5.84. The van der Waals surface area contributed by atoms with Crippen molar-refractivity contribution in [3.63, 3.8) is 0 Å². The number of hydrogen-bond acceptors (Lipinski definition) is 6. The van der Waals surface area contributed by atoms with Crippen LogP contribution in [0, 0.1) is 34.5 Å². The molecule has 1 aromatic carbocycles. The number of aliphatic carboxylic acids is 2. The zero-order valence-electron chi connectivity index (χ0n) is 30.8. The molecular weight excluding hydrogens is 632 g/mol. The Morgan fingerprint density at radius 1 is 0.940 bits per heavy atom. The summed E-state index contributed by atoms with van der Waals surface area (Å²) in [5, 5.41) is 47.6. The van der Waals surface area contributed by atoms with Gasteiger partial charge in [-0.15, -0.1) is 0 Å². The van der Waals surface area contributed by atoms with Gasteiger partial charge in [0.25, 0.3) is 5.79 Å². The van der Waals surface area contributed by atoms with E-state index in [1.54, 1.807) is 17.2 Å². The molecule has 278 valence electrons. The number of carboxylic acids is 2.